The molecule has 5 heteroatoms. The molecule has 1 rings (SSSR count). The number of aromatic nitrogens is 2. The zero-order chi connectivity index (χ0) is 13.0. The Morgan fingerprint density at radius 2 is 2.18 bits per heavy atom. The number of rotatable bonds is 5. The summed E-state index contributed by atoms with van der Waals surface area (Å²) in [6.45, 7) is 5.92. The summed E-state index contributed by atoms with van der Waals surface area (Å²) in [5.41, 5.74) is 3.22. The third kappa shape index (κ3) is 3.85. The second-order valence-corrected chi connectivity index (χ2v) is 4.43. The molecule has 1 aromatic rings. The van der Waals surface area contributed by atoms with Gasteiger partial charge in [-0.25, -0.2) is 0 Å². The van der Waals surface area contributed by atoms with E-state index in [0.717, 1.165) is 17.0 Å². The van der Waals surface area contributed by atoms with Crippen LogP contribution in [0.5, 0.6) is 0 Å². The lowest BCUT2D eigenvalue weighted by Crippen LogP contribution is -2.30. The molecule has 1 amide bonds. The van der Waals surface area contributed by atoms with E-state index in [1.807, 2.05) is 25.6 Å². The molecule has 0 saturated carbocycles. The first kappa shape index (κ1) is 13.7. The van der Waals surface area contributed by atoms with E-state index in [4.69, 9.17) is 5.11 Å². The molecule has 0 aliphatic carbocycles. The third-order valence-electron chi connectivity index (χ3n) is 2.86. The van der Waals surface area contributed by atoms with Gasteiger partial charge in [-0.05, 0) is 32.8 Å². The Bertz CT molecular complexity index is 397. The van der Waals surface area contributed by atoms with Crippen LogP contribution in [0.2, 0.25) is 0 Å². The Hall–Kier alpha value is -1.36. The van der Waals surface area contributed by atoms with Gasteiger partial charge in [0.15, 0.2) is 0 Å². The molecule has 0 fully saturated rings. The number of amides is 1. The third-order valence-corrected chi connectivity index (χ3v) is 2.86. The van der Waals surface area contributed by atoms with Crippen LogP contribution in [0.15, 0.2) is 0 Å². The van der Waals surface area contributed by atoms with Crippen LogP contribution in [-0.2, 0) is 18.3 Å². The SMILES string of the molecule is Cc1nn(C)c(C)c1CCC(=O)NC[C@@H](C)O. The molecular formula is C12H21N3O2. The highest BCUT2D eigenvalue weighted by atomic mass is 16.3. The number of carbonyl (C=O) groups is 1. The number of hydrogen-bond acceptors (Lipinski definition) is 3. The van der Waals surface area contributed by atoms with Crippen molar-refractivity contribution in [2.45, 2.75) is 39.7 Å². The van der Waals surface area contributed by atoms with Crippen LogP contribution in [0.1, 0.15) is 30.3 Å². The molecule has 0 bridgehead atoms. The maximum absolute atomic E-state index is 11.5. The van der Waals surface area contributed by atoms with Gasteiger partial charge >= 0.3 is 0 Å². The molecule has 0 spiro atoms. The Morgan fingerprint density at radius 3 is 2.65 bits per heavy atom. The molecule has 2 N–H and O–H groups in total. The summed E-state index contributed by atoms with van der Waals surface area (Å²) in [5.74, 6) is -0.0337. The van der Waals surface area contributed by atoms with E-state index in [0.29, 0.717) is 19.4 Å². The van der Waals surface area contributed by atoms with Crippen molar-refractivity contribution in [2.75, 3.05) is 6.54 Å². The van der Waals surface area contributed by atoms with Gasteiger partial charge in [0.25, 0.3) is 0 Å². The fourth-order valence-corrected chi connectivity index (χ4v) is 1.77. The van der Waals surface area contributed by atoms with Crippen molar-refractivity contribution in [1.82, 2.24) is 15.1 Å². The van der Waals surface area contributed by atoms with Gasteiger partial charge in [0.2, 0.25) is 5.91 Å². The summed E-state index contributed by atoms with van der Waals surface area (Å²) in [6.07, 6.45) is 0.623. The van der Waals surface area contributed by atoms with E-state index in [2.05, 4.69) is 10.4 Å². The fraction of sp³-hybridized carbons (Fsp3) is 0.667. The maximum atomic E-state index is 11.5. The Kier molecular flexibility index (Phi) is 4.69. The van der Waals surface area contributed by atoms with Crippen molar-refractivity contribution in [3.63, 3.8) is 0 Å². The summed E-state index contributed by atoms with van der Waals surface area (Å²) in [5, 5.41) is 16.0. The number of carbonyl (C=O) groups excluding carboxylic acids is 1. The van der Waals surface area contributed by atoms with Gasteiger partial charge in [-0.1, -0.05) is 0 Å². The van der Waals surface area contributed by atoms with Crippen molar-refractivity contribution in [1.29, 1.82) is 0 Å². The minimum Gasteiger partial charge on any atom is -0.392 e. The van der Waals surface area contributed by atoms with Gasteiger partial charge in [-0.3, -0.25) is 9.48 Å². The van der Waals surface area contributed by atoms with Crippen molar-refractivity contribution in [3.05, 3.63) is 17.0 Å². The summed E-state index contributed by atoms with van der Waals surface area (Å²) in [6, 6.07) is 0. The number of nitrogens with zero attached hydrogens (tertiary/aromatic N) is 2. The highest BCUT2D eigenvalue weighted by Crippen LogP contribution is 2.13. The van der Waals surface area contributed by atoms with Gasteiger partial charge in [-0.2, -0.15) is 5.10 Å². The van der Waals surface area contributed by atoms with Gasteiger partial charge in [0.05, 0.1) is 11.8 Å². The number of aliphatic hydroxyl groups excluding tert-OH is 1. The molecule has 1 atom stereocenters. The molecule has 1 heterocycles. The molecule has 0 aliphatic rings. The van der Waals surface area contributed by atoms with E-state index >= 15 is 0 Å². The van der Waals surface area contributed by atoms with E-state index in [9.17, 15) is 4.79 Å². The zero-order valence-electron chi connectivity index (χ0n) is 10.9. The van der Waals surface area contributed by atoms with Crippen molar-refractivity contribution in [2.24, 2.45) is 7.05 Å². The topological polar surface area (TPSA) is 67.2 Å². The first-order valence-corrected chi connectivity index (χ1v) is 5.85. The zero-order valence-corrected chi connectivity index (χ0v) is 10.9. The quantitative estimate of drug-likeness (QED) is 0.784. The second-order valence-electron chi connectivity index (χ2n) is 4.43. The molecule has 0 radical (unpaired) electrons. The second kappa shape index (κ2) is 5.82. The van der Waals surface area contributed by atoms with Crippen LogP contribution in [0.25, 0.3) is 0 Å². The smallest absolute Gasteiger partial charge is 0.220 e. The monoisotopic (exact) mass is 239 g/mol. The lowest BCUT2D eigenvalue weighted by molar-refractivity contribution is -0.121. The number of nitrogens with one attached hydrogen (secondary N) is 1. The largest absolute Gasteiger partial charge is 0.392 e. The van der Waals surface area contributed by atoms with E-state index in [-0.39, 0.29) is 5.91 Å². The standard InChI is InChI=1S/C12H21N3O2/c1-8(16)7-13-12(17)6-5-11-9(2)14-15(4)10(11)3/h8,16H,5-7H2,1-4H3,(H,13,17)/t8-/m1/s1. The molecule has 0 aromatic carbocycles. The van der Waals surface area contributed by atoms with Crippen molar-refractivity contribution in [3.8, 4) is 0 Å². The molecule has 0 aliphatic heterocycles. The normalized spacial score (nSPS) is 12.5. The molecule has 96 valence electrons. The van der Waals surface area contributed by atoms with Gasteiger partial charge < -0.3 is 10.4 Å². The summed E-state index contributed by atoms with van der Waals surface area (Å²) >= 11 is 0. The minimum absolute atomic E-state index is 0.0337. The number of hydrogen-bond donors (Lipinski definition) is 2. The summed E-state index contributed by atoms with van der Waals surface area (Å²) < 4.78 is 1.83. The average Bonchev–Trinajstić information content (AvgIpc) is 2.48. The lowest BCUT2D eigenvalue weighted by Gasteiger charge is -2.07. The van der Waals surface area contributed by atoms with Gasteiger partial charge in [-0.15, -0.1) is 0 Å². The maximum Gasteiger partial charge on any atom is 0.220 e. The van der Waals surface area contributed by atoms with Crippen LogP contribution < -0.4 is 5.32 Å². The predicted molar refractivity (Wildman–Crippen MR) is 65.7 cm³/mol. The summed E-state index contributed by atoms with van der Waals surface area (Å²) in [7, 11) is 1.90. The molecule has 0 unspecified atom stereocenters. The highest BCUT2D eigenvalue weighted by molar-refractivity contribution is 5.76. The first-order valence-electron chi connectivity index (χ1n) is 5.85. The predicted octanol–water partition coefficient (Wildman–Crippen LogP) is 0.467. The van der Waals surface area contributed by atoms with Crippen LogP contribution >= 0.6 is 0 Å². The molecule has 1 aromatic heterocycles. The Balaban J connectivity index is 2.47. The van der Waals surface area contributed by atoms with E-state index in [1.165, 1.54) is 0 Å². The van der Waals surface area contributed by atoms with Crippen LogP contribution in [-0.4, -0.2) is 33.4 Å². The molecule has 5 nitrogen and oxygen atoms in total. The van der Waals surface area contributed by atoms with E-state index in [1.54, 1.807) is 6.92 Å². The number of aryl methyl sites for hydroxylation is 2. The van der Waals surface area contributed by atoms with Gasteiger partial charge in [0.1, 0.15) is 0 Å². The average molecular weight is 239 g/mol. The summed E-state index contributed by atoms with van der Waals surface area (Å²) in [4.78, 5) is 11.5. The lowest BCUT2D eigenvalue weighted by atomic mass is 10.1. The van der Waals surface area contributed by atoms with Gasteiger partial charge in [0, 0.05) is 25.7 Å². The Labute approximate surface area is 102 Å². The van der Waals surface area contributed by atoms with Crippen LogP contribution in [0.4, 0.5) is 0 Å². The van der Waals surface area contributed by atoms with E-state index < -0.39 is 6.10 Å². The highest BCUT2D eigenvalue weighted by Gasteiger charge is 2.11. The van der Waals surface area contributed by atoms with Crippen molar-refractivity contribution < 1.29 is 9.90 Å². The minimum atomic E-state index is -0.499. The molecule has 0 saturated heterocycles. The van der Waals surface area contributed by atoms with Crippen LogP contribution in [0.3, 0.4) is 0 Å². The van der Waals surface area contributed by atoms with Crippen molar-refractivity contribution >= 4 is 5.91 Å². The fourth-order valence-electron chi connectivity index (χ4n) is 1.77. The Morgan fingerprint density at radius 1 is 1.53 bits per heavy atom. The number of aliphatic hydroxyl groups is 1. The van der Waals surface area contributed by atoms with Crippen LogP contribution in [0, 0.1) is 13.8 Å². The molecule has 17 heavy (non-hydrogen) atoms. The first-order chi connectivity index (χ1) is 7.91. The molecular weight excluding hydrogens is 218 g/mol.